The molecule has 1 aliphatic rings. The minimum Gasteiger partial charge on any atom is -0.435 e. The molecule has 2 aromatic rings. The Labute approximate surface area is 129 Å². The number of amides is 1. The zero-order valence-electron chi connectivity index (χ0n) is 12.3. The molecule has 0 N–H and O–H groups in total. The number of benzene rings is 2. The molecule has 0 aliphatic carbocycles. The summed E-state index contributed by atoms with van der Waals surface area (Å²) >= 11 is 0. The summed E-state index contributed by atoms with van der Waals surface area (Å²) in [7, 11) is 0. The van der Waals surface area contributed by atoms with Crippen LogP contribution in [0, 0.1) is 0 Å². The first kappa shape index (κ1) is 14.3. The quantitative estimate of drug-likeness (QED) is 0.818. The molecule has 1 unspecified atom stereocenters. The fraction of sp³-hybridized carbons (Fsp3) is 0.222. The Kier molecular flexibility index (Phi) is 3.92. The van der Waals surface area contributed by atoms with E-state index in [-0.39, 0.29) is 11.9 Å². The minimum absolute atomic E-state index is 0.166. The summed E-state index contributed by atoms with van der Waals surface area (Å²) in [5.41, 5.74) is 1.81. The summed E-state index contributed by atoms with van der Waals surface area (Å²) in [6, 6.07) is 18.4. The van der Waals surface area contributed by atoms with Gasteiger partial charge < -0.3 is 4.74 Å². The summed E-state index contributed by atoms with van der Waals surface area (Å²) < 4.78 is 5.47. The van der Waals surface area contributed by atoms with E-state index in [1.54, 1.807) is 0 Å². The van der Waals surface area contributed by atoms with Crippen molar-refractivity contribution >= 4 is 11.9 Å². The maximum absolute atomic E-state index is 12.3. The van der Waals surface area contributed by atoms with Gasteiger partial charge in [0, 0.05) is 18.9 Å². The number of esters is 1. The van der Waals surface area contributed by atoms with E-state index in [1.165, 1.54) is 11.8 Å². The number of carbonyl (C=O) groups excluding carboxylic acids is 2. The maximum atomic E-state index is 12.3. The van der Waals surface area contributed by atoms with Crippen LogP contribution in [-0.4, -0.2) is 22.8 Å². The predicted molar refractivity (Wildman–Crippen MR) is 81.7 cm³/mol. The molecular weight excluding hydrogens is 278 g/mol. The van der Waals surface area contributed by atoms with Crippen molar-refractivity contribution in [3.63, 3.8) is 0 Å². The summed E-state index contributed by atoms with van der Waals surface area (Å²) in [6.07, 6.45) is -0.178. The SMILES string of the molecule is CC(=O)N1C(Cc2ccccc2)C(=O)O[C@H]1c1ccccc1. The highest BCUT2D eigenvalue weighted by molar-refractivity contribution is 5.86. The summed E-state index contributed by atoms with van der Waals surface area (Å²) in [6.45, 7) is 1.47. The van der Waals surface area contributed by atoms with Crippen molar-refractivity contribution in [1.82, 2.24) is 4.90 Å². The molecule has 1 heterocycles. The molecule has 1 saturated heterocycles. The molecule has 1 aliphatic heterocycles. The smallest absolute Gasteiger partial charge is 0.331 e. The second kappa shape index (κ2) is 6.02. The van der Waals surface area contributed by atoms with Gasteiger partial charge in [-0.15, -0.1) is 0 Å². The van der Waals surface area contributed by atoms with Gasteiger partial charge in [0.25, 0.3) is 0 Å². The number of hydrogen-bond donors (Lipinski definition) is 0. The van der Waals surface area contributed by atoms with Crippen LogP contribution in [0.4, 0.5) is 0 Å². The largest absolute Gasteiger partial charge is 0.435 e. The zero-order chi connectivity index (χ0) is 15.5. The first-order valence-corrected chi connectivity index (χ1v) is 7.25. The zero-order valence-corrected chi connectivity index (χ0v) is 12.3. The molecule has 0 aromatic heterocycles. The Morgan fingerprint density at radius 2 is 1.64 bits per heavy atom. The Balaban J connectivity index is 1.90. The van der Waals surface area contributed by atoms with E-state index in [9.17, 15) is 9.59 Å². The Morgan fingerprint density at radius 3 is 2.23 bits per heavy atom. The Morgan fingerprint density at radius 1 is 1.05 bits per heavy atom. The van der Waals surface area contributed by atoms with Crippen molar-refractivity contribution in [2.75, 3.05) is 0 Å². The average Bonchev–Trinajstić information content (AvgIpc) is 2.86. The van der Waals surface area contributed by atoms with Gasteiger partial charge in [0.2, 0.25) is 12.1 Å². The van der Waals surface area contributed by atoms with Crippen LogP contribution in [0.1, 0.15) is 24.3 Å². The molecule has 4 heteroatoms. The second-order valence-corrected chi connectivity index (χ2v) is 5.33. The van der Waals surface area contributed by atoms with Crippen molar-refractivity contribution in [3.8, 4) is 0 Å². The van der Waals surface area contributed by atoms with Crippen molar-refractivity contribution in [2.45, 2.75) is 25.6 Å². The van der Waals surface area contributed by atoms with Crippen LogP contribution in [0.2, 0.25) is 0 Å². The van der Waals surface area contributed by atoms with Gasteiger partial charge in [-0.05, 0) is 5.56 Å². The Hall–Kier alpha value is -2.62. The number of ether oxygens (including phenoxy) is 1. The highest BCUT2D eigenvalue weighted by Crippen LogP contribution is 2.33. The Bertz CT molecular complexity index is 669. The minimum atomic E-state index is -0.639. The van der Waals surface area contributed by atoms with Crippen LogP contribution in [0.3, 0.4) is 0 Å². The summed E-state index contributed by atoms with van der Waals surface area (Å²) in [5, 5.41) is 0. The maximum Gasteiger partial charge on any atom is 0.331 e. The predicted octanol–water partition coefficient (Wildman–Crippen LogP) is 2.70. The first-order valence-electron chi connectivity index (χ1n) is 7.25. The highest BCUT2D eigenvalue weighted by atomic mass is 16.6. The van der Waals surface area contributed by atoms with Gasteiger partial charge in [0.1, 0.15) is 6.04 Å². The number of rotatable bonds is 3. The lowest BCUT2D eigenvalue weighted by Gasteiger charge is -2.25. The molecule has 22 heavy (non-hydrogen) atoms. The molecule has 1 amide bonds. The van der Waals surface area contributed by atoms with Gasteiger partial charge in [-0.2, -0.15) is 0 Å². The van der Waals surface area contributed by atoms with E-state index >= 15 is 0 Å². The van der Waals surface area contributed by atoms with E-state index in [4.69, 9.17) is 4.74 Å². The summed E-state index contributed by atoms with van der Waals surface area (Å²) in [4.78, 5) is 25.9. The van der Waals surface area contributed by atoms with E-state index in [0.717, 1.165) is 11.1 Å². The van der Waals surface area contributed by atoms with Crippen molar-refractivity contribution in [2.24, 2.45) is 0 Å². The lowest BCUT2D eigenvalue weighted by molar-refractivity contribution is -0.143. The normalized spacial score (nSPS) is 20.8. The van der Waals surface area contributed by atoms with Gasteiger partial charge in [0.15, 0.2) is 0 Å². The lowest BCUT2D eigenvalue weighted by Crippen LogP contribution is -2.39. The molecule has 3 rings (SSSR count). The van der Waals surface area contributed by atoms with Crippen LogP contribution in [-0.2, 0) is 20.7 Å². The average molecular weight is 295 g/mol. The number of nitrogens with zero attached hydrogens (tertiary/aromatic N) is 1. The van der Waals surface area contributed by atoms with Crippen molar-refractivity contribution in [1.29, 1.82) is 0 Å². The fourth-order valence-corrected chi connectivity index (χ4v) is 2.77. The van der Waals surface area contributed by atoms with E-state index in [2.05, 4.69) is 0 Å². The molecular formula is C18H17NO3. The fourth-order valence-electron chi connectivity index (χ4n) is 2.77. The third-order valence-corrected chi connectivity index (χ3v) is 3.81. The summed E-state index contributed by atoms with van der Waals surface area (Å²) in [5.74, 6) is -0.520. The molecule has 0 bridgehead atoms. The van der Waals surface area contributed by atoms with Crippen LogP contribution < -0.4 is 0 Å². The van der Waals surface area contributed by atoms with Crippen LogP contribution in [0.5, 0.6) is 0 Å². The third kappa shape index (κ3) is 2.72. The van der Waals surface area contributed by atoms with Gasteiger partial charge >= 0.3 is 5.97 Å². The van der Waals surface area contributed by atoms with Crippen LogP contribution in [0.15, 0.2) is 60.7 Å². The van der Waals surface area contributed by atoms with E-state index in [1.807, 2.05) is 60.7 Å². The topological polar surface area (TPSA) is 46.6 Å². The molecule has 0 spiro atoms. The molecule has 2 atom stereocenters. The lowest BCUT2D eigenvalue weighted by atomic mass is 10.0. The van der Waals surface area contributed by atoms with Gasteiger partial charge in [0.05, 0.1) is 0 Å². The molecule has 4 nitrogen and oxygen atoms in total. The van der Waals surface area contributed by atoms with E-state index in [0.29, 0.717) is 6.42 Å². The highest BCUT2D eigenvalue weighted by Gasteiger charge is 2.44. The van der Waals surface area contributed by atoms with Gasteiger partial charge in [-0.3, -0.25) is 9.69 Å². The first-order chi connectivity index (χ1) is 10.7. The van der Waals surface area contributed by atoms with Gasteiger partial charge in [-0.1, -0.05) is 60.7 Å². The second-order valence-electron chi connectivity index (χ2n) is 5.33. The standard InChI is InChI=1S/C18H17NO3/c1-13(20)19-16(12-14-8-4-2-5-9-14)18(21)22-17(19)15-10-6-3-7-11-15/h2-11,16-17H,12H2,1H3/t16?,17-/m0/s1. The third-order valence-electron chi connectivity index (χ3n) is 3.81. The van der Waals surface area contributed by atoms with Crippen LogP contribution >= 0.6 is 0 Å². The van der Waals surface area contributed by atoms with Crippen LogP contribution in [0.25, 0.3) is 0 Å². The molecule has 0 saturated carbocycles. The van der Waals surface area contributed by atoms with E-state index < -0.39 is 12.3 Å². The molecule has 2 aromatic carbocycles. The number of cyclic esters (lactones) is 1. The van der Waals surface area contributed by atoms with Crippen molar-refractivity contribution < 1.29 is 14.3 Å². The number of carbonyl (C=O) groups is 2. The molecule has 0 radical (unpaired) electrons. The monoisotopic (exact) mass is 295 g/mol. The molecule has 112 valence electrons. The van der Waals surface area contributed by atoms with Crippen molar-refractivity contribution in [3.05, 3.63) is 71.8 Å². The number of hydrogen-bond acceptors (Lipinski definition) is 3. The van der Waals surface area contributed by atoms with Gasteiger partial charge in [-0.25, -0.2) is 4.79 Å². The molecule has 1 fully saturated rings.